The van der Waals surface area contributed by atoms with Gasteiger partial charge < -0.3 is 20.7 Å². The maximum Gasteiger partial charge on any atom is 0.239 e. The number of benzene rings is 1. The monoisotopic (exact) mass is 318 g/mol. The Morgan fingerprint density at radius 2 is 2.13 bits per heavy atom. The zero-order chi connectivity index (χ0) is 16.5. The molecule has 6 heteroatoms. The number of hydrogen-bond acceptors (Lipinski definition) is 3. The van der Waals surface area contributed by atoms with E-state index in [1.165, 1.54) is 11.1 Å². The standard InChI is InChI=1S/C17H26N4O2/c1-3-8-19-16(22)12-21-17(18-2)20-9-6-13-4-5-15-14(11-13)7-10-23-15/h4-5,11H,3,6-10,12H2,1-2H3,(H,19,22)(H2,18,20,21). The Balaban J connectivity index is 1.70. The zero-order valence-electron chi connectivity index (χ0n) is 13.9. The Morgan fingerprint density at radius 1 is 1.26 bits per heavy atom. The lowest BCUT2D eigenvalue weighted by atomic mass is 10.1. The summed E-state index contributed by atoms with van der Waals surface area (Å²) < 4.78 is 5.51. The highest BCUT2D eigenvalue weighted by atomic mass is 16.5. The van der Waals surface area contributed by atoms with Gasteiger partial charge in [-0.2, -0.15) is 0 Å². The van der Waals surface area contributed by atoms with Crippen LogP contribution in [0.2, 0.25) is 0 Å². The van der Waals surface area contributed by atoms with Crippen LogP contribution in [0.25, 0.3) is 0 Å². The summed E-state index contributed by atoms with van der Waals surface area (Å²) in [6.45, 7) is 4.51. The van der Waals surface area contributed by atoms with Gasteiger partial charge in [0.1, 0.15) is 5.75 Å². The van der Waals surface area contributed by atoms with Crippen LogP contribution in [-0.4, -0.2) is 45.2 Å². The van der Waals surface area contributed by atoms with Crippen molar-refractivity contribution in [3.8, 4) is 5.75 Å². The van der Waals surface area contributed by atoms with Crippen molar-refractivity contribution in [2.24, 2.45) is 4.99 Å². The Labute approximate surface area is 137 Å². The number of carbonyl (C=O) groups is 1. The molecule has 3 N–H and O–H groups in total. The molecule has 0 unspecified atom stereocenters. The maximum absolute atomic E-state index is 11.6. The molecule has 1 aliphatic rings. The lowest BCUT2D eigenvalue weighted by molar-refractivity contribution is -0.120. The van der Waals surface area contributed by atoms with E-state index in [1.54, 1.807) is 7.05 Å². The van der Waals surface area contributed by atoms with E-state index in [9.17, 15) is 4.79 Å². The summed E-state index contributed by atoms with van der Waals surface area (Å²) in [5, 5.41) is 9.06. The third-order valence-electron chi connectivity index (χ3n) is 3.67. The van der Waals surface area contributed by atoms with Crippen molar-refractivity contribution in [1.82, 2.24) is 16.0 Å². The van der Waals surface area contributed by atoms with Gasteiger partial charge in [0, 0.05) is 26.6 Å². The molecule has 0 aromatic heterocycles. The van der Waals surface area contributed by atoms with E-state index in [0.717, 1.165) is 38.2 Å². The summed E-state index contributed by atoms with van der Waals surface area (Å²) in [7, 11) is 1.70. The molecule has 0 saturated heterocycles. The summed E-state index contributed by atoms with van der Waals surface area (Å²) in [5.41, 5.74) is 2.57. The molecule has 0 bridgehead atoms. The van der Waals surface area contributed by atoms with Crippen LogP contribution in [0.3, 0.4) is 0 Å². The minimum absolute atomic E-state index is 0.0200. The largest absolute Gasteiger partial charge is 0.493 e. The molecule has 0 radical (unpaired) electrons. The first-order chi connectivity index (χ1) is 11.2. The highest BCUT2D eigenvalue weighted by Crippen LogP contribution is 2.25. The van der Waals surface area contributed by atoms with Gasteiger partial charge in [-0.15, -0.1) is 0 Å². The predicted molar refractivity (Wildman–Crippen MR) is 92.0 cm³/mol. The highest BCUT2D eigenvalue weighted by molar-refractivity contribution is 5.86. The Morgan fingerprint density at radius 3 is 2.91 bits per heavy atom. The van der Waals surface area contributed by atoms with Crippen LogP contribution in [0.5, 0.6) is 5.75 Å². The number of fused-ring (bicyclic) bond motifs is 1. The Bertz CT molecular complexity index is 558. The molecule has 1 amide bonds. The molecule has 126 valence electrons. The summed E-state index contributed by atoms with van der Waals surface area (Å²) in [6, 6.07) is 6.35. The first kappa shape index (κ1) is 17.1. The van der Waals surface area contributed by atoms with Crippen LogP contribution in [0, 0.1) is 0 Å². The molecule has 0 spiro atoms. The van der Waals surface area contributed by atoms with Gasteiger partial charge in [-0.1, -0.05) is 19.1 Å². The van der Waals surface area contributed by atoms with E-state index < -0.39 is 0 Å². The summed E-state index contributed by atoms with van der Waals surface area (Å²) >= 11 is 0. The van der Waals surface area contributed by atoms with Crippen molar-refractivity contribution in [2.75, 3.05) is 33.3 Å². The topological polar surface area (TPSA) is 74.8 Å². The molecule has 1 heterocycles. The number of ether oxygens (including phenoxy) is 1. The van der Waals surface area contributed by atoms with E-state index >= 15 is 0 Å². The average Bonchev–Trinajstić information content (AvgIpc) is 3.03. The SMILES string of the molecule is CCCNC(=O)CNC(=NC)NCCc1ccc2c(c1)CCO2. The molecular formula is C17H26N4O2. The summed E-state index contributed by atoms with van der Waals surface area (Å²) in [6.07, 6.45) is 2.83. The van der Waals surface area contributed by atoms with Crippen LogP contribution in [0.4, 0.5) is 0 Å². The fourth-order valence-electron chi connectivity index (χ4n) is 2.43. The minimum Gasteiger partial charge on any atom is -0.493 e. The molecule has 6 nitrogen and oxygen atoms in total. The lowest BCUT2D eigenvalue weighted by Gasteiger charge is -2.12. The van der Waals surface area contributed by atoms with Gasteiger partial charge in [0.2, 0.25) is 5.91 Å². The quantitative estimate of drug-likeness (QED) is 0.515. The van der Waals surface area contributed by atoms with E-state index in [2.05, 4.69) is 33.1 Å². The van der Waals surface area contributed by atoms with Gasteiger partial charge in [-0.25, -0.2) is 0 Å². The number of carbonyl (C=O) groups excluding carboxylic acids is 1. The third kappa shape index (κ3) is 5.47. The lowest BCUT2D eigenvalue weighted by Crippen LogP contribution is -2.43. The molecule has 1 aliphatic heterocycles. The van der Waals surface area contributed by atoms with Gasteiger partial charge in [0.05, 0.1) is 13.2 Å². The molecule has 0 aliphatic carbocycles. The van der Waals surface area contributed by atoms with Gasteiger partial charge >= 0.3 is 0 Å². The Kier molecular flexibility index (Phi) is 6.72. The average molecular weight is 318 g/mol. The van der Waals surface area contributed by atoms with E-state index in [-0.39, 0.29) is 12.5 Å². The van der Waals surface area contributed by atoms with Gasteiger partial charge in [-0.3, -0.25) is 9.79 Å². The number of guanidine groups is 1. The van der Waals surface area contributed by atoms with Crippen molar-refractivity contribution in [2.45, 2.75) is 26.2 Å². The maximum atomic E-state index is 11.6. The fourth-order valence-corrected chi connectivity index (χ4v) is 2.43. The number of nitrogens with zero attached hydrogens (tertiary/aromatic N) is 1. The molecule has 0 atom stereocenters. The normalized spacial score (nSPS) is 13.2. The number of hydrogen-bond donors (Lipinski definition) is 3. The van der Waals surface area contributed by atoms with Crippen molar-refractivity contribution in [3.05, 3.63) is 29.3 Å². The van der Waals surface area contributed by atoms with Crippen molar-refractivity contribution in [1.29, 1.82) is 0 Å². The molecule has 23 heavy (non-hydrogen) atoms. The molecule has 2 rings (SSSR count). The second kappa shape index (κ2) is 9.02. The highest BCUT2D eigenvalue weighted by Gasteiger charge is 2.11. The predicted octanol–water partition coefficient (Wildman–Crippen LogP) is 0.855. The smallest absolute Gasteiger partial charge is 0.239 e. The Hall–Kier alpha value is -2.24. The van der Waals surface area contributed by atoms with E-state index in [0.29, 0.717) is 12.5 Å². The number of aliphatic imine (C=N–C) groups is 1. The fraction of sp³-hybridized carbons (Fsp3) is 0.529. The summed E-state index contributed by atoms with van der Waals surface area (Å²) in [5.74, 6) is 1.63. The number of nitrogens with one attached hydrogen (secondary N) is 3. The summed E-state index contributed by atoms with van der Waals surface area (Å²) in [4.78, 5) is 15.7. The molecule has 0 fully saturated rings. The number of amides is 1. The van der Waals surface area contributed by atoms with E-state index in [4.69, 9.17) is 4.74 Å². The van der Waals surface area contributed by atoms with Crippen LogP contribution in [0.1, 0.15) is 24.5 Å². The molecular weight excluding hydrogens is 292 g/mol. The number of rotatable bonds is 7. The molecule has 0 saturated carbocycles. The van der Waals surface area contributed by atoms with Gasteiger partial charge in [-0.05, 0) is 30.0 Å². The van der Waals surface area contributed by atoms with Gasteiger partial charge in [0.25, 0.3) is 0 Å². The van der Waals surface area contributed by atoms with Crippen molar-refractivity contribution >= 4 is 11.9 Å². The molecule has 1 aromatic rings. The molecule has 1 aromatic carbocycles. The van der Waals surface area contributed by atoms with Crippen LogP contribution in [-0.2, 0) is 17.6 Å². The van der Waals surface area contributed by atoms with Crippen molar-refractivity contribution < 1.29 is 9.53 Å². The van der Waals surface area contributed by atoms with Crippen molar-refractivity contribution in [3.63, 3.8) is 0 Å². The zero-order valence-corrected chi connectivity index (χ0v) is 13.9. The van der Waals surface area contributed by atoms with Crippen LogP contribution in [0.15, 0.2) is 23.2 Å². The van der Waals surface area contributed by atoms with Crippen LogP contribution < -0.4 is 20.7 Å². The van der Waals surface area contributed by atoms with Gasteiger partial charge in [0.15, 0.2) is 5.96 Å². The third-order valence-corrected chi connectivity index (χ3v) is 3.67. The van der Waals surface area contributed by atoms with E-state index in [1.807, 2.05) is 13.0 Å². The first-order valence-corrected chi connectivity index (χ1v) is 8.18. The second-order valence-electron chi connectivity index (χ2n) is 5.49. The van der Waals surface area contributed by atoms with Crippen LogP contribution >= 0.6 is 0 Å². The minimum atomic E-state index is -0.0200. The second-order valence-corrected chi connectivity index (χ2v) is 5.49. The first-order valence-electron chi connectivity index (χ1n) is 8.18.